The summed E-state index contributed by atoms with van der Waals surface area (Å²) >= 11 is 0. The van der Waals surface area contributed by atoms with Crippen LogP contribution in [0.2, 0.25) is 0 Å². The molecule has 1 atom stereocenters. The minimum Gasteiger partial charge on any atom is -0.337 e. The van der Waals surface area contributed by atoms with E-state index in [2.05, 4.69) is 15.1 Å². The molecule has 3 heterocycles. The van der Waals surface area contributed by atoms with Gasteiger partial charge >= 0.3 is 0 Å². The molecule has 4 rings (SSSR count). The molecule has 138 valence electrons. The van der Waals surface area contributed by atoms with E-state index in [1.807, 2.05) is 6.92 Å². The molecule has 0 radical (unpaired) electrons. The van der Waals surface area contributed by atoms with Crippen LogP contribution in [-0.2, 0) is 14.8 Å². The Balaban J connectivity index is 1.70. The summed E-state index contributed by atoms with van der Waals surface area (Å²) in [6.45, 7) is 1.86. The number of rotatable bonds is 4. The number of carbonyl (C=O) groups is 1. The topological polar surface area (TPSA) is 106 Å². The Morgan fingerprint density at radius 1 is 1.11 bits per heavy atom. The van der Waals surface area contributed by atoms with Crippen molar-refractivity contribution in [2.45, 2.75) is 30.7 Å². The average Bonchev–Trinajstić information content (AvgIpc) is 3.30. The molecular weight excluding hydrogens is 368 g/mol. The summed E-state index contributed by atoms with van der Waals surface area (Å²) in [6, 6.07) is 8.98. The second-order valence-electron chi connectivity index (χ2n) is 6.25. The molecule has 0 N–H and O–H groups in total. The van der Waals surface area contributed by atoms with Crippen LogP contribution >= 0.6 is 0 Å². The summed E-state index contributed by atoms with van der Waals surface area (Å²) < 4.78 is 32.2. The Labute approximate surface area is 155 Å². The zero-order valence-electron chi connectivity index (χ0n) is 14.4. The van der Waals surface area contributed by atoms with Gasteiger partial charge in [-0.1, -0.05) is 22.9 Å². The van der Waals surface area contributed by atoms with Crippen molar-refractivity contribution in [2.75, 3.05) is 0 Å². The Kier molecular flexibility index (Phi) is 4.23. The second-order valence-corrected chi connectivity index (χ2v) is 8.07. The Hall–Kier alpha value is -3.07. The highest BCUT2D eigenvalue weighted by atomic mass is 32.2. The number of aromatic nitrogens is 3. The monoisotopic (exact) mass is 384 g/mol. The van der Waals surface area contributed by atoms with E-state index in [1.165, 1.54) is 12.1 Å². The zero-order valence-corrected chi connectivity index (χ0v) is 15.3. The van der Waals surface area contributed by atoms with Crippen LogP contribution in [0, 0.1) is 6.92 Å². The average molecular weight is 384 g/mol. The van der Waals surface area contributed by atoms with Gasteiger partial charge in [0, 0.05) is 24.4 Å². The van der Waals surface area contributed by atoms with Crippen molar-refractivity contribution in [3.8, 4) is 11.4 Å². The Bertz CT molecular complexity index is 1080. The van der Waals surface area contributed by atoms with Gasteiger partial charge in [0.25, 0.3) is 15.9 Å². The van der Waals surface area contributed by atoms with Crippen LogP contribution in [0.25, 0.3) is 11.4 Å². The van der Waals surface area contributed by atoms with E-state index in [1.54, 1.807) is 36.7 Å². The molecule has 0 bridgehead atoms. The van der Waals surface area contributed by atoms with Crippen molar-refractivity contribution in [1.29, 1.82) is 0 Å². The quantitative estimate of drug-likeness (QED) is 0.680. The summed E-state index contributed by atoms with van der Waals surface area (Å²) in [7, 11) is -4.01. The number of hydrogen-bond donors (Lipinski definition) is 0. The molecule has 1 aromatic carbocycles. The number of sulfonamides is 1. The van der Waals surface area contributed by atoms with Crippen LogP contribution in [0.1, 0.15) is 30.3 Å². The maximum absolute atomic E-state index is 13.0. The van der Waals surface area contributed by atoms with E-state index in [-0.39, 0.29) is 17.2 Å². The molecule has 0 saturated carbocycles. The number of pyridine rings is 1. The van der Waals surface area contributed by atoms with Gasteiger partial charge in [-0.2, -0.15) is 4.98 Å². The first-order valence-electron chi connectivity index (χ1n) is 8.35. The fraction of sp³-hybridized carbons (Fsp3) is 0.222. The lowest BCUT2D eigenvalue weighted by Gasteiger charge is -2.21. The second kappa shape index (κ2) is 6.58. The molecule has 1 saturated heterocycles. The predicted molar refractivity (Wildman–Crippen MR) is 94.7 cm³/mol. The molecule has 1 aliphatic rings. The van der Waals surface area contributed by atoms with Crippen molar-refractivity contribution in [2.24, 2.45) is 0 Å². The van der Waals surface area contributed by atoms with Crippen molar-refractivity contribution in [3.63, 3.8) is 0 Å². The van der Waals surface area contributed by atoms with Gasteiger partial charge in [0.05, 0.1) is 4.90 Å². The molecule has 1 aliphatic heterocycles. The zero-order chi connectivity index (χ0) is 19.0. The molecule has 27 heavy (non-hydrogen) atoms. The molecule has 0 spiro atoms. The molecule has 9 heteroatoms. The third-order valence-electron chi connectivity index (χ3n) is 4.40. The van der Waals surface area contributed by atoms with E-state index < -0.39 is 22.0 Å². The normalized spacial score (nSPS) is 17.4. The van der Waals surface area contributed by atoms with Crippen LogP contribution in [0.15, 0.2) is 58.2 Å². The smallest absolute Gasteiger partial charge is 0.267 e. The minimum absolute atomic E-state index is 0.0576. The van der Waals surface area contributed by atoms with E-state index in [4.69, 9.17) is 4.52 Å². The SMILES string of the molecule is Cc1ccc(S(=O)(=O)N2C(=O)CCC2c2nc(-c3ccncc3)no2)cc1. The maximum Gasteiger partial charge on any atom is 0.267 e. The van der Waals surface area contributed by atoms with Crippen LogP contribution in [0.4, 0.5) is 0 Å². The summed E-state index contributed by atoms with van der Waals surface area (Å²) in [5.41, 5.74) is 1.62. The van der Waals surface area contributed by atoms with Crippen LogP contribution in [-0.4, -0.2) is 33.8 Å². The van der Waals surface area contributed by atoms with Gasteiger partial charge in [-0.3, -0.25) is 9.78 Å². The van der Waals surface area contributed by atoms with Gasteiger partial charge in [0.15, 0.2) is 0 Å². The minimum atomic E-state index is -4.01. The number of carbonyl (C=O) groups excluding carboxylic acids is 1. The Morgan fingerprint density at radius 3 is 2.52 bits per heavy atom. The van der Waals surface area contributed by atoms with Gasteiger partial charge < -0.3 is 4.52 Å². The molecule has 3 aromatic rings. The summed E-state index contributed by atoms with van der Waals surface area (Å²) in [4.78, 5) is 20.7. The lowest BCUT2D eigenvalue weighted by Crippen LogP contribution is -2.34. The van der Waals surface area contributed by atoms with E-state index in [0.29, 0.717) is 17.8 Å². The van der Waals surface area contributed by atoms with Crippen molar-refractivity contribution < 1.29 is 17.7 Å². The third-order valence-corrected chi connectivity index (χ3v) is 6.25. The van der Waals surface area contributed by atoms with Crippen LogP contribution in [0.5, 0.6) is 0 Å². The fourth-order valence-electron chi connectivity index (χ4n) is 3.00. The number of hydrogen-bond acceptors (Lipinski definition) is 7. The predicted octanol–water partition coefficient (Wildman–Crippen LogP) is 2.49. The first kappa shape index (κ1) is 17.3. The first-order valence-corrected chi connectivity index (χ1v) is 9.79. The van der Waals surface area contributed by atoms with E-state index in [0.717, 1.165) is 9.87 Å². The van der Waals surface area contributed by atoms with E-state index in [9.17, 15) is 13.2 Å². The number of aryl methyl sites for hydroxylation is 1. The van der Waals surface area contributed by atoms with Gasteiger partial charge in [-0.05, 0) is 37.6 Å². The fourth-order valence-corrected chi connectivity index (χ4v) is 4.60. The molecule has 2 aromatic heterocycles. The maximum atomic E-state index is 13.0. The molecule has 8 nitrogen and oxygen atoms in total. The van der Waals surface area contributed by atoms with Crippen LogP contribution in [0.3, 0.4) is 0 Å². The van der Waals surface area contributed by atoms with Gasteiger partial charge in [0.1, 0.15) is 6.04 Å². The summed E-state index contributed by atoms with van der Waals surface area (Å²) in [5, 5.41) is 3.91. The van der Waals surface area contributed by atoms with Crippen molar-refractivity contribution in [3.05, 3.63) is 60.2 Å². The molecule has 1 unspecified atom stereocenters. The number of amides is 1. The number of benzene rings is 1. The largest absolute Gasteiger partial charge is 0.337 e. The summed E-state index contributed by atoms with van der Waals surface area (Å²) in [6.07, 6.45) is 3.59. The van der Waals surface area contributed by atoms with Gasteiger partial charge in [-0.25, -0.2) is 12.7 Å². The highest BCUT2D eigenvalue weighted by Crippen LogP contribution is 2.37. The van der Waals surface area contributed by atoms with Crippen LogP contribution < -0.4 is 0 Å². The first-order chi connectivity index (χ1) is 13.0. The lowest BCUT2D eigenvalue weighted by atomic mass is 10.2. The van der Waals surface area contributed by atoms with Gasteiger partial charge in [-0.15, -0.1) is 0 Å². The summed E-state index contributed by atoms with van der Waals surface area (Å²) in [5.74, 6) is -0.0629. The molecule has 1 amide bonds. The highest BCUT2D eigenvalue weighted by Gasteiger charge is 2.44. The third kappa shape index (κ3) is 3.10. The standard InChI is InChI=1S/C18H16N4O4S/c1-12-2-4-14(5-3-12)27(24,25)22-15(6-7-16(22)23)18-20-17(21-26-18)13-8-10-19-11-9-13/h2-5,8-11,15H,6-7H2,1H3. The van der Waals surface area contributed by atoms with Crippen molar-refractivity contribution in [1.82, 2.24) is 19.4 Å². The number of nitrogens with zero attached hydrogens (tertiary/aromatic N) is 4. The molecule has 0 aliphatic carbocycles. The molecular formula is C18H16N4O4S. The van der Waals surface area contributed by atoms with Gasteiger partial charge in [0.2, 0.25) is 11.7 Å². The van der Waals surface area contributed by atoms with Crippen molar-refractivity contribution >= 4 is 15.9 Å². The highest BCUT2D eigenvalue weighted by molar-refractivity contribution is 7.89. The molecule has 1 fully saturated rings. The Morgan fingerprint density at radius 2 is 1.81 bits per heavy atom. The van der Waals surface area contributed by atoms with E-state index >= 15 is 0 Å². The lowest BCUT2D eigenvalue weighted by molar-refractivity contribution is -0.124.